The van der Waals surface area contributed by atoms with Gasteiger partial charge >= 0.3 is 17.9 Å². The molecule has 0 spiro atoms. The van der Waals surface area contributed by atoms with Crippen LogP contribution in [0, 0.1) is 0 Å². The van der Waals surface area contributed by atoms with Crippen LogP contribution < -0.4 is 0 Å². The molecular formula is C50H84NO7+. The molecule has 0 aliphatic carbocycles. The normalized spacial score (nSPS) is 13.7. The van der Waals surface area contributed by atoms with Crippen molar-refractivity contribution in [3.8, 4) is 0 Å². The first-order valence-corrected chi connectivity index (χ1v) is 22.7. The molecule has 2 unspecified atom stereocenters. The Kier molecular flexibility index (Phi) is 37.9. The highest BCUT2D eigenvalue weighted by atomic mass is 16.6. The molecule has 0 heterocycles. The Balaban J connectivity index is 4.38. The second-order valence-electron chi connectivity index (χ2n) is 16.0. The summed E-state index contributed by atoms with van der Waals surface area (Å²) < 4.78 is 17.3. The van der Waals surface area contributed by atoms with Gasteiger partial charge in [-0.1, -0.05) is 157 Å². The van der Waals surface area contributed by atoms with Gasteiger partial charge in [0.2, 0.25) is 0 Å². The Labute approximate surface area is 354 Å². The molecule has 1 N–H and O–H groups in total. The first kappa shape index (κ1) is 54.5. The number of carbonyl (C=O) groups is 3. The Morgan fingerprint density at radius 3 is 1.53 bits per heavy atom. The molecule has 8 nitrogen and oxygen atoms in total. The molecule has 0 bridgehead atoms. The van der Waals surface area contributed by atoms with E-state index in [0.717, 1.165) is 89.9 Å². The average Bonchev–Trinajstić information content (AvgIpc) is 3.18. The Bertz CT molecular complexity index is 1220. The van der Waals surface area contributed by atoms with Gasteiger partial charge in [-0.25, -0.2) is 4.79 Å². The van der Waals surface area contributed by atoms with E-state index in [0.29, 0.717) is 19.3 Å². The summed E-state index contributed by atoms with van der Waals surface area (Å²) in [6.45, 7) is 4.45. The summed E-state index contributed by atoms with van der Waals surface area (Å²) in [5, 5.41) is 9.63. The predicted molar refractivity (Wildman–Crippen MR) is 243 cm³/mol. The summed E-state index contributed by atoms with van der Waals surface area (Å²) in [6, 6.07) is -0.624. The van der Waals surface area contributed by atoms with Gasteiger partial charge in [-0.15, -0.1) is 0 Å². The van der Waals surface area contributed by atoms with Gasteiger partial charge < -0.3 is 23.8 Å². The first-order chi connectivity index (χ1) is 28.1. The van der Waals surface area contributed by atoms with Crippen molar-refractivity contribution in [3.63, 3.8) is 0 Å². The van der Waals surface area contributed by atoms with Crippen molar-refractivity contribution in [1.82, 2.24) is 0 Å². The summed E-state index contributed by atoms with van der Waals surface area (Å²) >= 11 is 0. The molecule has 330 valence electrons. The lowest BCUT2D eigenvalue weighted by atomic mass is 10.1. The molecule has 8 heteroatoms. The largest absolute Gasteiger partial charge is 0.477 e. The second-order valence-corrected chi connectivity index (χ2v) is 16.0. The fraction of sp³-hybridized carbons (Fsp3) is 0.660. The van der Waals surface area contributed by atoms with E-state index in [1.54, 1.807) is 0 Å². The lowest BCUT2D eigenvalue weighted by Gasteiger charge is -2.31. The molecule has 0 aliphatic rings. The molecule has 0 aromatic heterocycles. The highest BCUT2D eigenvalue weighted by Crippen LogP contribution is 2.13. The van der Waals surface area contributed by atoms with Gasteiger partial charge in [-0.2, -0.15) is 0 Å². The lowest BCUT2D eigenvalue weighted by Crippen LogP contribution is -2.50. The zero-order valence-corrected chi connectivity index (χ0v) is 37.5. The van der Waals surface area contributed by atoms with Gasteiger partial charge in [0.05, 0.1) is 34.4 Å². The number of carboxylic acid groups (broad SMARTS) is 1. The topological polar surface area (TPSA) is 99.1 Å². The SMILES string of the molecule is CC/C=C/C=C/C=C/CCCCCCCCCC(=O)OCC(COCCC(C(=O)O)[N+](C)(C)C)OC(=O)CCCCCCCC/C=C/C/C=C/C/C=C/C/C=C/CC. The van der Waals surface area contributed by atoms with Crippen molar-refractivity contribution in [2.75, 3.05) is 41.0 Å². The van der Waals surface area contributed by atoms with Gasteiger partial charge in [0.25, 0.3) is 0 Å². The Morgan fingerprint density at radius 1 is 0.534 bits per heavy atom. The molecule has 0 rings (SSSR count). The second kappa shape index (κ2) is 40.3. The fourth-order valence-corrected chi connectivity index (χ4v) is 6.14. The van der Waals surface area contributed by atoms with Crippen LogP contribution in [-0.2, 0) is 28.6 Å². The first-order valence-electron chi connectivity index (χ1n) is 22.7. The summed E-state index contributed by atoms with van der Waals surface area (Å²) in [4.78, 5) is 37.0. The van der Waals surface area contributed by atoms with Crippen molar-refractivity contribution >= 4 is 17.9 Å². The minimum Gasteiger partial charge on any atom is -0.477 e. The summed E-state index contributed by atoms with van der Waals surface area (Å²) in [6.07, 6.45) is 51.9. The van der Waals surface area contributed by atoms with Crippen molar-refractivity contribution in [3.05, 3.63) is 85.1 Å². The molecule has 0 aliphatic heterocycles. The smallest absolute Gasteiger partial charge is 0.362 e. The number of likely N-dealkylation sites (N-methyl/N-ethyl adjacent to an activating group) is 1. The Hall–Kier alpha value is -3.49. The Morgan fingerprint density at radius 2 is 1.00 bits per heavy atom. The quantitative estimate of drug-likeness (QED) is 0.0217. The average molecular weight is 811 g/mol. The number of ether oxygens (including phenoxy) is 3. The van der Waals surface area contributed by atoms with Crippen molar-refractivity contribution in [2.45, 2.75) is 174 Å². The number of allylic oxidation sites excluding steroid dienone is 14. The third-order valence-electron chi connectivity index (χ3n) is 9.60. The number of nitrogens with zero attached hydrogens (tertiary/aromatic N) is 1. The highest BCUT2D eigenvalue weighted by Gasteiger charge is 2.31. The molecule has 0 amide bonds. The molecule has 0 aromatic carbocycles. The van der Waals surface area contributed by atoms with Gasteiger partial charge in [-0.05, 0) is 70.6 Å². The van der Waals surface area contributed by atoms with Gasteiger partial charge in [-0.3, -0.25) is 9.59 Å². The van der Waals surface area contributed by atoms with Crippen molar-refractivity contribution < 1.29 is 38.2 Å². The number of carbonyl (C=O) groups excluding carboxylic acids is 2. The van der Waals surface area contributed by atoms with Crippen LogP contribution in [0.4, 0.5) is 0 Å². The number of rotatable bonds is 39. The summed E-state index contributed by atoms with van der Waals surface area (Å²) in [5.41, 5.74) is 0. The maximum absolute atomic E-state index is 12.7. The van der Waals surface area contributed by atoms with E-state index >= 15 is 0 Å². The maximum atomic E-state index is 12.7. The molecule has 2 atom stereocenters. The number of hydrogen-bond acceptors (Lipinski definition) is 6. The third-order valence-corrected chi connectivity index (χ3v) is 9.60. The maximum Gasteiger partial charge on any atom is 0.362 e. The van der Waals surface area contributed by atoms with Gasteiger partial charge in [0, 0.05) is 19.3 Å². The number of esters is 2. The summed E-state index contributed by atoms with van der Waals surface area (Å²) in [7, 11) is 5.51. The molecule has 0 radical (unpaired) electrons. The molecule has 0 aromatic rings. The minimum absolute atomic E-state index is 0.0462. The van der Waals surface area contributed by atoms with Crippen molar-refractivity contribution in [1.29, 1.82) is 0 Å². The minimum atomic E-state index is -0.883. The van der Waals surface area contributed by atoms with E-state index in [4.69, 9.17) is 14.2 Å². The monoisotopic (exact) mass is 811 g/mol. The van der Waals surface area contributed by atoms with E-state index < -0.39 is 18.1 Å². The molecule has 0 saturated carbocycles. The predicted octanol–water partition coefficient (Wildman–Crippen LogP) is 12.5. The van der Waals surface area contributed by atoms with Crippen LogP contribution >= 0.6 is 0 Å². The standard InChI is InChI=1S/C50H83NO7/c1-6-8-10-12-14-16-18-20-22-23-24-25-27-29-31-33-35-37-39-41-49(53)58-46(44-56-43-42-47(50(54)55)51(3,4)5)45-57-48(52)40-38-36-34-32-30-28-26-21-19-17-15-13-11-9-7-2/h8-11,13-17,19-20,22,24-25,46-47H,6-7,12,18,21,23,26-45H2,1-5H3/p+1/b10-8+,11-9+,15-13+,16-14+,19-17+,22-20+,25-24+. The molecule has 0 saturated heterocycles. The third kappa shape index (κ3) is 38.1. The van der Waals surface area contributed by atoms with E-state index in [1.165, 1.54) is 38.5 Å². The van der Waals surface area contributed by atoms with Crippen LogP contribution in [0.25, 0.3) is 0 Å². The van der Waals surface area contributed by atoms with E-state index in [9.17, 15) is 19.5 Å². The number of aliphatic carboxylic acids is 1. The van der Waals surface area contributed by atoms with Crippen LogP contribution in [0.3, 0.4) is 0 Å². The van der Waals surface area contributed by atoms with E-state index in [1.807, 2.05) is 21.1 Å². The lowest BCUT2D eigenvalue weighted by molar-refractivity contribution is -0.887. The molecular weight excluding hydrogens is 727 g/mol. The van der Waals surface area contributed by atoms with Crippen LogP contribution in [0.1, 0.15) is 162 Å². The van der Waals surface area contributed by atoms with Gasteiger partial charge in [0.1, 0.15) is 6.61 Å². The van der Waals surface area contributed by atoms with E-state index in [-0.39, 0.29) is 36.2 Å². The molecule has 58 heavy (non-hydrogen) atoms. The fourth-order valence-electron chi connectivity index (χ4n) is 6.14. The van der Waals surface area contributed by atoms with Crippen LogP contribution in [0.15, 0.2) is 85.1 Å². The molecule has 0 fully saturated rings. The van der Waals surface area contributed by atoms with E-state index in [2.05, 4.69) is 98.9 Å². The summed E-state index contributed by atoms with van der Waals surface area (Å²) in [5.74, 6) is -1.51. The zero-order valence-electron chi connectivity index (χ0n) is 37.5. The highest BCUT2D eigenvalue weighted by molar-refractivity contribution is 5.72. The zero-order chi connectivity index (χ0) is 42.8. The van der Waals surface area contributed by atoms with Crippen molar-refractivity contribution in [2.24, 2.45) is 0 Å². The number of hydrogen-bond donors (Lipinski definition) is 1. The van der Waals surface area contributed by atoms with Crippen LogP contribution in [0.2, 0.25) is 0 Å². The number of unbranched alkanes of at least 4 members (excludes halogenated alkanes) is 13. The number of quaternary nitrogens is 1. The van der Waals surface area contributed by atoms with Gasteiger partial charge in [0.15, 0.2) is 12.1 Å². The van der Waals surface area contributed by atoms with Crippen LogP contribution in [-0.4, -0.2) is 80.6 Å². The number of carboxylic acids is 1. The van der Waals surface area contributed by atoms with Crippen LogP contribution in [0.5, 0.6) is 0 Å².